The topological polar surface area (TPSA) is 80.4 Å². The summed E-state index contributed by atoms with van der Waals surface area (Å²) < 4.78 is 7.64. The lowest BCUT2D eigenvalue weighted by molar-refractivity contribution is 0.0961. The van der Waals surface area contributed by atoms with Crippen molar-refractivity contribution in [1.29, 1.82) is 0 Å². The number of nitrogens with zero attached hydrogens (tertiary/aromatic N) is 3. The number of amides is 1. The zero-order chi connectivity index (χ0) is 22.5. The van der Waals surface area contributed by atoms with E-state index in [1.807, 2.05) is 48.5 Å². The van der Waals surface area contributed by atoms with Crippen LogP contribution in [0.2, 0.25) is 0 Å². The molecule has 0 unspecified atom stereocenters. The number of para-hydroxylation sites is 3. The molecule has 0 spiro atoms. The summed E-state index contributed by atoms with van der Waals surface area (Å²) in [5.41, 5.74) is 2.88. The number of aryl methyl sites for hydroxylation is 1. The van der Waals surface area contributed by atoms with Crippen molar-refractivity contribution < 1.29 is 9.21 Å². The lowest BCUT2D eigenvalue weighted by Crippen LogP contribution is -2.43. The van der Waals surface area contributed by atoms with E-state index in [4.69, 9.17) is 9.40 Å². The highest BCUT2D eigenvalue weighted by Crippen LogP contribution is 2.39. The first-order chi connectivity index (χ1) is 15.4. The molecule has 1 aliphatic heterocycles. The molecular formula is C25H26N4O3. The van der Waals surface area contributed by atoms with Gasteiger partial charge in [-0.05, 0) is 31.0 Å². The summed E-state index contributed by atoms with van der Waals surface area (Å²) in [6.07, 6.45) is 1.60. The van der Waals surface area contributed by atoms with Gasteiger partial charge in [0.25, 0.3) is 11.5 Å². The molecule has 32 heavy (non-hydrogen) atoms. The summed E-state index contributed by atoms with van der Waals surface area (Å²) in [6.45, 7) is 3.56. The third-order valence-corrected chi connectivity index (χ3v) is 6.72. The average molecular weight is 431 g/mol. The highest BCUT2D eigenvalue weighted by atomic mass is 16.3. The van der Waals surface area contributed by atoms with E-state index in [9.17, 15) is 9.59 Å². The number of piperidine rings is 1. The first kappa shape index (κ1) is 20.3. The number of hydrogen-bond acceptors (Lipinski definition) is 5. The summed E-state index contributed by atoms with van der Waals surface area (Å²) in [7, 11) is 3.27. The second-order valence-electron chi connectivity index (χ2n) is 8.72. The highest BCUT2D eigenvalue weighted by molar-refractivity contribution is 6.07. The molecule has 2 aromatic carbocycles. The minimum absolute atomic E-state index is 0.194. The van der Waals surface area contributed by atoms with Crippen molar-refractivity contribution in [2.24, 2.45) is 7.05 Å². The number of nitrogens with one attached hydrogen (secondary N) is 1. The van der Waals surface area contributed by atoms with Crippen molar-refractivity contribution >= 4 is 33.6 Å². The maximum absolute atomic E-state index is 13.1. The van der Waals surface area contributed by atoms with Gasteiger partial charge in [0.2, 0.25) is 5.89 Å². The number of anilines is 1. The molecule has 5 rings (SSSR count). The van der Waals surface area contributed by atoms with Gasteiger partial charge >= 0.3 is 0 Å². The van der Waals surface area contributed by atoms with Crippen LogP contribution in [0, 0.1) is 0 Å². The van der Waals surface area contributed by atoms with E-state index in [1.54, 1.807) is 18.7 Å². The summed E-state index contributed by atoms with van der Waals surface area (Å²) in [5.74, 6) is 0.386. The summed E-state index contributed by atoms with van der Waals surface area (Å²) in [5, 5.41) is 3.55. The van der Waals surface area contributed by atoms with Crippen LogP contribution in [-0.2, 0) is 12.5 Å². The SMILES string of the molecule is CNC(=O)c1c(N2CCC(C)(c3nc4ccccc4o3)CC2)c2ccccc2n(C)c1=O. The molecule has 0 aliphatic carbocycles. The Labute approximate surface area is 185 Å². The lowest BCUT2D eigenvalue weighted by atomic mass is 9.80. The van der Waals surface area contributed by atoms with E-state index in [0.717, 1.165) is 40.7 Å². The Morgan fingerprint density at radius 2 is 1.78 bits per heavy atom. The molecule has 3 heterocycles. The van der Waals surface area contributed by atoms with Gasteiger partial charge in [-0.3, -0.25) is 9.59 Å². The van der Waals surface area contributed by atoms with Gasteiger partial charge in [-0.25, -0.2) is 4.98 Å². The van der Waals surface area contributed by atoms with Crippen LogP contribution in [0.4, 0.5) is 5.69 Å². The molecule has 164 valence electrons. The Bertz CT molecular complexity index is 1360. The number of carbonyl (C=O) groups is 1. The van der Waals surface area contributed by atoms with E-state index < -0.39 is 0 Å². The number of oxazole rings is 1. The molecule has 4 aromatic rings. The fraction of sp³-hybridized carbons (Fsp3) is 0.320. The Hall–Kier alpha value is -3.61. The largest absolute Gasteiger partial charge is 0.440 e. The Balaban J connectivity index is 1.55. The van der Waals surface area contributed by atoms with E-state index in [1.165, 1.54) is 0 Å². The standard InChI is InChI=1S/C25H26N4O3/c1-25(24-27-17-9-5-7-11-19(17)32-24)12-14-29(15-13-25)21-16-8-4-6-10-18(16)28(3)23(31)20(21)22(30)26-2/h4-11H,12-15H2,1-3H3,(H,26,30). The van der Waals surface area contributed by atoms with Crippen molar-refractivity contribution in [1.82, 2.24) is 14.9 Å². The van der Waals surface area contributed by atoms with Crippen LogP contribution < -0.4 is 15.8 Å². The number of benzene rings is 2. The van der Waals surface area contributed by atoms with Gasteiger partial charge < -0.3 is 19.2 Å². The molecule has 1 saturated heterocycles. The van der Waals surface area contributed by atoms with Crippen LogP contribution in [0.5, 0.6) is 0 Å². The van der Waals surface area contributed by atoms with E-state index in [2.05, 4.69) is 17.1 Å². The zero-order valence-electron chi connectivity index (χ0n) is 18.5. The van der Waals surface area contributed by atoms with E-state index in [0.29, 0.717) is 18.8 Å². The third-order valence-electron chi connectivity index (χ3n) is 6.72. The molecule has 0 saturated carbocycles. The summed E-state index contributed by atoms with van der Waals surface area (Å²) >= 11 is 0. The van der Waals surface area contributed by atoms with Gasteiger partial charge in [-0.2, -0.15) is 0 Å². The van der Waals surface area contributed by atoms with Gasteiger partial charge in [-0.1, -0.05) is 37.3 Å². The summed E-state index contributed by atoms with van der Waals surface area (Å²) in [4.78, 5) is 32.8. The quantitative estimate of drug-likeness (QED) is 0.537. The maximum Gasteiger partial charge on any atom is 0.265 e. The molecule has 7 heteroatoms. The predicted octanol–water partition coefficient (Wildman–Crippen LogP) is 3.60. The Morgan fingerprint density at radius 3 is 2.50 bits per heavy atom. The molecule has 1 fully saturated rings. The van der Waals surface area contributed by atoms with Crippen molar-refractivity contribution in [2.75, 3.05) is 25.0 Å². The van der Waals surface area contributed by atoms with E-state index >= 15 is 0 Å². The van der Waals surface area contributed by atoms with Crippen LogP contribution in [0.1, 0.15) is 36.0 Å². The van der Waals surface area contributed by atoms with Crippen molar-refractivity contribution in [2.45, 2.75) is 25.2 Å². The molecule has 0 bridgehead atoms. The second kappa shape index (κ2) is 7.51. The lowest BCUT2D eigenvalue weighted by Gasteiger charge is -2.39. The van der Waals surface area contributed by atoms with Gasteiger partial charge in [0.1, 0.15) is 11.1 Å². The smallest absolute Gasteiger partial charge is 0.265 e. The van der Waals surface area contributed by atoms with Gasteiger partial charge in [0.15, 0.2) is 5.58 Å². The number of hydrogen-bond donors (Lipinski definition) is 1. The summed E-state index contributed by atoms with van der Waals surface area (Å²) in [6, 6.07) is 15.5. The Kier molecular flexibility index (Phi) is 4.77. The number of carbonyl (C=O) groups excluding carboxylic acids is 1. The molecule has 1 aliphatic rings. The first-order valence-corrected chi connectivity index (χ1v) is 10.9. The molecular weight excluding hydrogens is 404 g/mol. The fourth-order valence-corrected chi connectivity index (χ4v) is 4.71. The molecule has 7 nitrogen and oxygen atoms in total. The first-order valence-electron chi connectivity index (χ1n) is 10.9. The predicted molar refractivity (Wildman–Crippen MR) is 125 cm³/mol. The molecule has 0 atom stereocenters. The minimum atomic E-state index is -0.362. The number of fused-ring (bicyclic) bond motifs is 2. The number of rotatable bonds is 3. The van der Waals surface area contributed by atoms with Gasteiger partial charge in [0.05, 0.1) is 11.2 Å². The molecule has 1 amide bonds. The maximum atomic E-state index is 13.1. The molecule has 2 aromatic heterocycles. The van der Waals surface area contributed by atoms with Crippen molar-refractivity contribution in [3.05, 3.63) is 70.3 Å². The van der Waals surface area contributed by atoms with Crippen molar-refractivity contribution in [3.8, 4) is 0 Å². The van der Waals surface area contributed by atoms with Gasteiger partial charge in [-0.15, -0.1) is 0 Å². The second-order valence-corrected chi connectivity index (χ2v) is 8.72. The molecule has 0 radical (unpaired) electrons. The van der Waals surface area contributed by atoms with Crippen LogP contribution in [0.25, 0.3) is 22.0 Å². The minimum Gasteiger partial charge on any atom is -0.440 e. The number of pyridine rings is 1. The van der Waals surface area contributed by atoms with Crippen LogP contribution >= 0.6 is 0 Å². The number of aromatic nitrogens is 2. The highest BCUT2D eigenvalue weighted by Gasteiger charge is 2.38. The monoisotopic (exact) mass is 430 g/mol. The van der Waals surface area contributed by atoms with Crippen LogP contribution in [-0.4, -0.2) is 35.6 Å². The van der Waals surface area contributed by atoms with Gasteiger partial charge in [0, 0.05) is 38.0 Å². The normalized spacial score (nSPS) is 15.9. The zero-order valence-corrected chi connectivity index (χ0v) is 18.5. The fourth-order valence-electron chi connectivity index (χ4n) is 4.71. The van der Waals surface area contributed by atoms with Crippen LogP contribution in [0.15, 0.2) is 57.7 Å². The average Bonchev–Trinajstić information content (AvgIpc) is 3.27. The molecule has 1 N–H and O–H groups in total. The van der Waals surface area contributed by atoms with E-state index in [-0.39, 0.29) is 22.4 Å². The van der Waals surface area contributed by atoms with Crippen molar-refractivity contribution in [3.63, 3.8) is 0 Å². The Morgan fingerprint density at radius 1 is 1.09 bits per heavy atom. The van der Waals surface area contributed by atoms with Crippen LogP contribution in [0.3, 0.4) is 0 Å². The third kappa shape index (κ3) is 3.07.